The largest absolute Gasteiger partial charge is 0.289 e. The van der Waals surface area contributed by atoms with Crippen molar-refractivity contribution in [1.29, 1.82) is 0 Å². The van der Waals surface area contributed by atoms with Crippen LogP contribution in [0.5, 0.6) is 0 Å². The van der Waals surface area contributed by atoms with Crippen molar-refractivity contribution in [3.8, 4) is 0 Å². The van der Waals surface area contributed by atoms with E-state index in [1.165, 1.54) is 17.0 Å². The maximum atomic E-state index is 13.7. The van der Waals surface area contributed by atoms with Crippen molar-refractivity contribution in [2.24, 2.45) is 0 Å². The molecule has 0 fully saturated rings. The molecule has 0 bridgehead atoms. The van der Waals surface area contributed by atoms with Gasteiger partial charge >= 0.3 is 0 Å². The zero-order valence-corrected chi connectivity index (χ0v) is 13.7. The molecule has 2 aromatic carbocycles. The number of sulfonamides is 1. The highest BCUT2D eigenvalue weighted by Crippen LogP contribution is 2.28. The average molecular weight is 374 g/mol. The number of benzene rings is 2. The maximum Gasteiger partial charge on any atom is 0.267 e. The van der Waals surface area contributed by atoms with Gasteiger partial charge in [-0.1, -0.05) is 12.1 Å². The number of halogens is 4. The number of alkyl halides is 2. The Morgan fingerprint density at radius 1 is 1.04 bits per heavy atom. The summed E-state index contributed by atoms with van der Waals surface area (Å²) in [4.78, 5) is 0.472. The highest BCUT2D eigenvalue weighted by molar-refractivity contribution is 7.92. The number of hydrogen-bond acceptors (Lipinski definition) is 3. The number of hydrogen-bond donors (Lipinski definition) is 1. The first kappa shape index (κ1) is 17.7. The monoisotopic (exact) mass is 374 g/mol. The van der Waals surface area contributed by atoms with Crippen LogP contribution < -0.4 is 4.72 Å². The summed E-state index contributed by atoms with van der Waals surface area (Å²) in [5.41, 5.74) is 1.61. The molecule has 0 spiro atoms. The lowest BCUT2D eigenvalue weighted by molar-refractivity contribution is 0.0873. The third-order valence-corrected chi connectivity index (χ3v) is 5.26. The third-order valence-electron chi connectivity index (χ3n) is 3.83. The summed E-state index contributed by atoms with van der Waals surface area (Å²) in [5.74, 6) is -2.39. The highest BCUT2D eigenvalue weighted by atomic mass is 32.2. The molecule has 0 atom stereocenters. The summed E-state index contributed by atoms with van der Waals surface area (Å²) in [7, 11) is -4.46. The lowest BCUT2D eigenvalue weighted by Gasteiger charge is -2.13. The van der Waals surface area contributed by atoms with Gasteiger partial charge in [-0.15, -0.1) is 0 Å². The minimum atomic E-state index is -4.46. The molecule has 0 aliphatic carbocycles. The second-order valence-corrected chi connectivity index (χ2v) is 7.32. The molecular formula is C16H14F4N2O2S. The molecule has 1 heterocycles. The van der Waals surface area contributed by atoms with Crippen LogP contribution in [0.2, 0.25) is 0 Å². The Morgan fingerprint density at radius 3 is 2.32 bits per heavy atom. The van der Waals surface area contributed by atoms with Gasteiger partial charge in [0.25, 0.3) is 16.4 Å². The van der Waals surface area contributed by atoms with Crippen molar-refractivity contribution in [1.82, 2.24) is 4.90 Å². The van der Waals surface area contributed by atoms with Crippen LogP contribution in [-0.4, -0.2) is 26.3 Å². The zero-order valence-electron chi connectivity index (χ0n) is 12.8. The van der Waals surface area contributed by atoms with Crippen LogP contribution in [0.25, 0.3) is 0 Å². The number of anilines is 1. The van der Waals surface area contributed by atoms with Gasteiger partial charge in [0.15, 0.2) is 4.90 Å². The smallest absolute Gasteiger partial charge is 0.267 e. The molecule has 2 aromatic rings. The summed E-state index contributed by atoms with van der Waals surface area (Å²) in [5, 5.41) is 0. The van der Waals surface area contributed by atoms with E-state index in [4.69, 9.17) is 0 Å². The van der Waals surface area contributed by atoms with E-state index in [2.05, 4.69) is 4.72 Å². The van der Waals surface area contributed by atoms with Gasteiger partial charge in [0.1, 0.15) is 11.6 Å². The van der Waals surface area contributed by atoms with E-state index in [-0.39, 0.29) is 18.8 Å². The Hall–Kier alpha value is -2.13. The van der Waals surface area contributed by atoms with Crippen molar-refractivity contribution in [3.63, 3.8) is 0 Å². The third kappa shape index (κ3) is 3.77. The minimum absolute atomic E-state index is 0.111. The molecule has 0 amide bonds. The molecule has 0 unspecified atom stereocenters. The number of nitrogens with one attached hydrogen (secondary N) is 1. The topological polar surface area (TPSA) is 49.4 Å². The summed E-state index contributed by atoms with van der Waals surface area (Å²) in [6.45, 7) is 0.216. The molecule has 0 aromatic heterocycles. The number of nitrogens with zero attached hydrogens (tertiary/aromatic N) is 1. The van der Waals surface area contributed by atoms with Crippen LogP contribution >= 0.6 is 0 Å². The first-order valence-electron chi connectivity index (χ1n) is 7.35. The van der Waals surface area contributed by atoms with E-state index >= 15 is 0 Å². The summed E-state index contributed by atoms with van der Waals surface area (Å²) in [6, 6.07) is 7.29. The van der Waals surface area contributed by atoms with E-state index in [1.54, 1.807) is 6.07 Å². The van der Waals surface area contributed by atoms with Gasteiger partial charge in [0, 0.05) is 18.8 Å². The Morgan fingerprint density at radius 2 is 1.68 bits per heavy atom. The molecule has 0 saturated heterocycles. The SMILES string of the molecule is O=S(=O)(Nc1ccc2c(c1)CN(CC(F)F)C2)c1c(F)cccc1F. The molecule has 0 saturated carbocycles. The van der Waals surface area contributed by atoms with Crippen LogP contribution in [0.4, 0.5) is 23.2 Å². The average Bonchev–Trinajstić information content (AvgIpc) is 2.86. The molecule has 1 aliphatic heterocycles. The molecule has 3 rings (SSSR count). The quantitative estimate of drug-likeness (QED) is 0.817. The molecular weight excluding hydrogens is 360 g/mol. The van der Waals surface area contributed by atoms with Gasteiger partial charge in [-0.25, -0.2) is 26.0 Å². The number of fused-ring (bicyclic) bond motifs is 1. The molecule has 1 N–H and O–H groups in total. The van der Waals surface area contributed by atoms with Gasteiger partial charge in [0.2, 0.25) is 0 Å². The number of rotatable bonds is 5. The van der Waals surface area contributed by atoms with Crippen LogP contribution in [0.1, 0.15) is 11.1 Å². The minimum Gasteiger partial charge on any atom is -0.289 e. The van der Waals surface area contributed by atoms with E-state index in [1.807, 2.05) is 0 Å². The fourth-order valence-electron chi connectivity index (χ4n) is 2.80. The molecule has 4 nitrogen and oxygen atoms in total. The Bertz CT molecular complexity index is 883. The van der Waals surface area contributed by atoms with Crippen molar-refractivity contribution in [2.75, 3.05) is 11.3 Å². The van der Waals surface area contributed by atoms with Gasteiger partial charge in [-0.05, 0) is 35.4 Å². The summed E-state index contributed by atoms with van der Waals surface area (Å²) >= 11 is 0. The normalized spacial score (nSPS) is 14.8. The summed E-state index contributed by atoms with van der Waals surface area (Å²) < 4.78 is 79.0. The lowest BCUT2D eigenvalue weighted by atomic mass is 10.1. The van der Waals surface area contributed by atoms with E-state index in [0.29, 0.717) is 12.1 Å². The fourth-order valence-corrected chi connectivity index (χ4v) is 3.99. The van der Waals surface area contributed by atoms with Crippen LogP contribution in [0.3, 0.4) is 0 Å². The standard InChI is InChI=1S/C16H14F4N2O2S/c17-13-2-1-3-14(18)16(13)25(23,24)21-12-5-4-10-7-22(9-15(19)20)8-11(10)6-12/h1-6,15,21H,7-9H2. The lowest BCUT2D eigenvalue weighted by Crippen LogP contribution is -2.22. The van der Waals surface area contributed by atoms with Crippen LogP contribution in [-0.2, 0) is 23.1 Å². The summed E-state index contributed by atoms with van der Waals surface area (Å²) in [6.07, 6.45) is -2.46. The second kappa shape index (κ2) is 6.64. The molecule has 0 radical (unpaired) electrons. The van der Waals surface area contributed by atoms with Crippen molar-refractivity contribution in [3.05, 3.63) is 59.2 Å². The Labute approximate surface area is 142 Å². The van der Waals surface area contributed by atoms with E-state index < -0.39 is 33.0 Å². The highest BCUT2D eigenvalue weighted by Gasteiger charge is 2.26. The van der Waals surface area contributed by atoms with Crippen molar-refractivity contribution in [2.45, 2.75) is 24.4 Å². The van der Waals surface area contributed by atoms with Gasteiger partial charge in [-0.2, -0.15) is 0 Å². The van der Waals surface area contributed by atoms with Gasteiger partial charge in [-0.3, -0.25) is 9.62 Å². The van der Waals surface area contributed by atoms with E-state index in [9.17, 15) is 26.0 Å². The van der Waals surface area contributed by atoms with Crippen molar-refractivity contribution >= 4 is 15.7 Å². The molecule has 9 heteroatoms. The van der Waals surface area contributed by atoms with Gasteiger partial charge in [0.05, 0.1) is 6.54 Å². The molecule has 1 aliphatic rings. The van der Waals surface area contributed by atoms with Crippen LogP contribution in [0, 0.1) is 11.6 Å². The predicted octanol–water partition coefficient (Wildman–Crippen LogP) is 3.35. The first-order chi connectivity index (χ1) is 11.8. The first-order valence-corrected chi connectivity index (χ1v) is 8.84. The van der Waals surface area contributed by atoms with Crippen molar-refractivity contribution < 1.29 is 26.0 Å². The predicted molar refractivity (Wildman–Crippen MR) is 83.7 cm³/mol. The molecule has 134 valence electrons. The Kier molecular flexibility index (Phi) is 4.70. The fraction of sp³-hybridized carbons (Fsp3) is 0.250. The maximum absolute atomic E-state index is 13.7. The second-order valence-electron chi connectivity index (χ2n) is 5.70. The van der Waals surface area contributed by atoms with Crippen LogP contribution in [0.15, 0.2) is 41.3 Å². The van der Waals surface area contributed by atoms with E-state index in [0.717, 1.165) is 23.8 Å². The zero-order chi connectivity index (χ0) is 18.2. The Balaban J connectivity index is 1.83. The molecule has 25 heavy (non-hydrogen) atoms. The van der Waals surface area contributed by atoms with Gasteiger partial charge < -0.3 is 0 Å².